The molecule has 1 aromatic heterocycles. The molecular weight excluding hydrogens is 584 g/mol. The van der Waals surface area contributed by atoms with Gasteiger partial charge in [-0.3, -0.25) is 9.52 Å². The van der Waals surface area contributed by atoms with E-state index in [1.54, 1.807) is 31.2 Å². The van der Waals surface area contributed by atoms with Crippen molar-refractivity contribution in [3.63, 3.8) is 0 Å². The van der Waals surface area contributed by atoms with E-state index in [-0.39, 0.29) is 63.9 Å². The zero-order valence-corrected chi connectivity index (χ0v) is 26.0. The molecule has 0 saturated heterocycles. The summed E-state index contributed by atoms with van der Waals surface area (Å²) < 4.78 is 67.8. The van der Waals surface area contributed by atoms with Gasteiger partial charge in [0.15, 0.2) is 10.7 Å². The highest BCUT2D eigenvalue weighted by atomic mass is 32.2. The van der Waals surface area contributed by atoms with Gasteiger partial charge in [-0.1, -0.05) is 29.8 Å². The molecule has 0 aliphatic carbocycles. The maximum atomic E-state index is 13.7. The van der Waals surface area contributed by atoms with E-state index in [9.17, 15) is 26.7 Å². The molecule has 4 rings (SSSR count). The minimum Gasteiger partial charge on any atom is -0.488 e. The number of ether oxygens (including phenoxy) is 1. The summed E-state index contributed by atoms with van der Waals surface area (Å²) in [6, 6.07) is 10.3. The number of hydrogen-bond donors (Lipinski definition) is 2. The number of nitrogens with zero attached hydrogens (tertiary/aromatic N) is 3. The topological polar surface area (TPSA) is 159 Å². The maximum absolute atomic E-state index is 13.7. The molecule has 2 aromatic carbocycles. The van der Waals surface area contributed by atoms with Crippen molar-refractivity contribution in [1.29, 1.82) is 0 Å². The van der Waals surface area contributed by atoms with Gasteiger partial charge in [0, 0.05) is 25.2 Å². The summed E-state index contributed by atoms with van der Waals surface area (Å²) in [6.45, 7) is 8.24. The number of anilines is 1. The number of benzene rings is 2. The molecule has 228 valence electrons. The van der Waals surface area contributed by atoms with Gasteiger partial charge < -0.3 is 19.3 Å². The Hall–Kier alpha value is -3.46. The number of carbonyl (C=O) groups is 1. The Bertz CT molecular complexity index is 1650. The number of hydrogen-bond acceptors (Lipinski definition) is 9. The summed E-state index contributed by atoms with van der Waals surface area (Å²) >= 11 is 0. The Morgan fingerprint density at radius 1 is 1.12 bits per heavy atom. The minimum atomic E-state index is -4.09. The molecule has 2 heterocycles. The van der Waals surface area contributed by atoms with E-state index < -0.39 is 38.1 Å². The van der Waals surface area contributed by atoms with Crippen LogP contribution in [-0.4, -0.2) is 81.1 Å². The molecule has 12 nitrogen and oxygen atoms in total. The maximum Gasteiger partial charge on any atom is 0.267 e. The van der Waals surface area contributed by atoms with Crippen molar-refractivity contribution in [2.45, 2.75) is 56.6 Å². The third kappa shape index (κ3) is 6.31. The lowest BCUT2D eigenvalue weighted by molar-refractivity contribution is 0.0387. The highest BCUT2D eigenvalue weighted by Gasteiger charge is 2.35. The molecule has 1 aliphatic heterocycles. The number of amides is 1. The molecule has 0 unspecified atom stereocenters. The fourth-order valence-electron chi connectivity index (χ4n) is 4.81. The van der Waals surface area contributed by atoms with E-state index in [0.29, 0.717) is 0 Å². The lowest BCUT2D eigenvalue weighted by Crippen LogP contribution is -2.50. The molecule has 3 atom stereocenters. The second-order valence-electron chi connectivity index (χ2n) is 10.7. The van der Waals surface area contributed by atoms with Gasteiger partial charge in [0.25, 0.3) is 15.9 Å². The summed E-state index contributed by atoms with van der Waals surface area (Å²) in [5.74, 6) is -0.511. The third-order valence-electron chi connectivity index (χ3n) is 7.32. The second-order valence-corrected chi connectivity index (χ2v) is 14.4. The van der Waals surface area contributed by atoms with Crippen LogP contribution in [0.1, 0.15) is 41.2 Å². The number of nitrogens with one attached hydrogen (secondary N) is 1. The summed E-state index contributed by atoms with van der Waals surface area (Å²) in [5, 5.41) is 13.6. The van der Waals surface area contributed by atoms with Crippen molar-refractivity contribution in [2.75, 3.05) is 31.5 Å². The lowest BCUT2D eigenvalue weighted by atomic mass is 9.99. The van der Waals surface area contributed by atoms with Gasteiger partial charge in [0.1, 0.15) is 17.5 Å². The summed E-state index contributed by atoms with van der Waals surface area (Å²) in [4.78, 5) is 15.3. The predicted molar refractivity (Wildman–Crippen MR) is 155 cm³/mol. The molecule has 14 heteroatoms. The first-order valence-corrected chi connectivity index (χ1v) is 16.3. The molecule has 2 N–H and O–H groups in total. The van der Waals surface area contributed by atoms with Crippen molar-refractivity contribution < 1.29 is 36.0 Å². The smallest absolute Gasteiger partial charge is 0.267 e. The monoisotopic (exact) mass is 620 g/mol. The zero-order valence-electron chi connectivity index (χ0n) is 24.4. The Balaban J connectivity index is 1.69. The number of aliphatic hydroxyl groups excluding tert-OH is 1. The van der Waals surface area contributed by atoms with Crippen LogP contribution in [0, 0.1) is 26.7 Å². The number of sulfonamides is 2. The Kier molecular flexibility index (Phi) is 9.02. The lowest BCUT2D eigenvalue weighted by Gasteiger charge is -2.38. The molecular formula is C28H36N4O8S2. The van der Waals surface area contributed by atoms with Crippen molar-refractivity contribution in [3.05, 3.63) is 65.0 Å². The number of aryl methyl sites for hydroxylation is 3. The van der Waals surface area contributed by atoms with Crippen LogP contribution in [0.4, 0.5) is 5.69 Å². The number of aromatic nitrogens is 1. The highest BCUT2D eigenvalue weighted by Crippen LogP contribution is 2.32. The third-order valence-corrected chi connectivity index (χ3v) is 10.8. The normalized spacial score (nSPS) is 18.7. The largest absolute Gasteiger partial charge is 0.488 e. The standard InChI is InChI=1S/C28H36N4O8S2/c1-17-7-10-23(11-8-17)42(37,38)31(6)15-26-18(2)14-32(19(3)16-33)28(34)24-13-22(9-12-25(24)39-26)30-41(35,36)27-20(4)29-40-21(27)5/h7-13,18-19,26,30,33H,14-16H2,1-6H3/t18-,19+,26+/m0/s1. The minimum absolute atomic E-state index is 0.0211. The first kappa shape index (κ1) is 31.5. The van der Waals surface area contributed by atoms with Crippen LogP contribution in [0.3, 0.4) is 0 Å². The number of aliphatic hydroxyl groups is 1. The molecule has 42 heavy (non-hydrogen) atoms. The number of likely N-dealkylation sites (N-methyl/N-ethyl adjacent to an activating group) is 1. The Labute approximate surface area is 246 Å². The van der Waals surface area contributed by atoms with E-state index in [4.69, 9.17) is 9.26 Å². The SMILES string of the molecule is Cc1ccc(S(=O)(=O)N(C)C[C@H]2Oc3ccc(NS(=O)(=O)c4c(C)noc4C)cc3C(=O)N([C@H](C)CO)C[C@@H]2C)cc1. The van der Waals surface area contributed by atoms with E-state index >= 15 is 0 Å². The van der Waals surface area contributed by atoms with Crippen LogP contribution in [0.25, 0.3) is 0 Å². The van der Waals surface area contributed by atoms with Crippen LogP contribution < -0.4 is 9.46 Å². The number of rotatable bonds is 9. The van der Waals surface area contributed by atoms with Gasteiger partial charge in [-0.2, -0.15) is 4.31 Å². The van der Waals surface area contributed by atoms with Crippen LogP contribution in [-0.2, 0) is 20.0 Å². The van der Waals surface area contributed by atoms with Gasteiger partial charge in [0.2, 0.25) is 10.0 Å². The van der Waals surface area contributed by atoms with Crippen molar-refractivity contribution in [2.24, 2.45) is 5.92 Å². The molecule has 3 aromatic rings. The zero-order chi connectivity index (χ0) is 31.0. The molecule has 0 bridgehead atoms. The van der Waals surface area contributed by atoms with Crippen molar-refractivity contribution in [3.8, 4) is 5.75 Å². The summed E-state index contributed by atoms with van der Waals surface area (Å²) in [5.41, 5.74) is 1.29. The van der Waals surface area contributed by atoms with Crippen LogP contribution in [0.15, 0.2) is 56.8 Å². The Morgan fingerprint density at radius 3 is 2.38 bits per heavy atom. The highest BCUT2D eigenvalue weighted by molar-refractivity contribution is 7.92. The summed E-state index contributed by atoms with van der Waals surface area (Å²) in [6.07, 6.45) is -0.680. The quantitative estimate of drug-likeness (QED) is 0.367. The van der Waals surface area contributed by atoms with Crippen LogP contribution in [0.2, 0.25) is 0 Å². The second kappa shape index (κ2) is 12.0. The van der Waals surface area contributed by atoms with Gasteiger partial charge in [-0.25, -0.2) is 16.8 Å². The molecule has 1 amide bonds. The van der Waals surface area contributed by atoms with Crippen LogP contribution in [0.5, 0.6) is 5.75 Å². The van der Waals surface area contributed by atoms with Gasteiger partial charge in [-0.05, 0) is 58.0 Å². The first-order valence-electron chi connectivity index (χ1n) is 13.4. The fraction of sp³-hybridized carbons (Fsp3) is 0.429. The fourth-order valence-corrected chi connectivity index (χ4v) is 7.37. The molecule has 0 spiro atoms. The average Bonchev–Trinajstić information content (AvgIpc) is 3.28. The van der Waals surface area contributed by atoms with Crippen molar-refractivity contribution in [1.82, 2.24) is 14.4 Å². The van der Waals surface area contributed by atoms with Gasteiger partial charge in [-0.15, -0.1) is 0 Å². The average molecular weight is 621 g/mol. The van der Waals surface area contributed by atoms with E-state index in [1.807, 2.05) is 13.8 Å². The predicted octanol–water partition coefficient (Wildman–Crippen LogP) is 2.94. The molecule has 1 aliphatic rings. The summed E-state index contributed by atoms with van der Waals surface area (Å²) in [7, 11) is -6.46. The van der Waals surface area contributed by atoms with E-state index in [2.05, 4.69) is 9.88 Å². The number of carbonyl (C=O) groups excluding carboxylic acids is 1. The van der Waals surface area contributed by atoms with Gasteiger partial charge in [0.05, 0.1) is 29.7 Å². The molecule has 0 radical (unpaired) electrons. The van der Waals surface area contributed by atoms with Crippen molar-refractivity contribution >= 4 is 31.6 Å². The molecule has 0 fully saturated rings. The molecule has 0 saturated carbocycles. The Morgan fingerprint density at radius 2 is 1.79 bits per heavy atom. The first-order chi connectivity index (χ1) is 19.6. The van der Waals surface area contributed by atoms with E-state index in [0.717, 1.165) is 5.56 Å². The number of fused-ring (bicyclic) bond motifs is 1. The van der Waals surface area contributed by atoms with Crippen LogP contribution >= 0.6 is 0 Å². The van der Waals surface area contributed by atoms with Gasteiger partial charge >= 0.3 is 0 Å². The van der Waals surface area contributed by atoms with E-state index in [1.165, 1.54) is 48.3 Å².